The molecule has 3 N–H and O–H groups in total. The molecule has 3 amide bonds. The number of hydrogen-bond acceptors (Lipinski definition) is 5. The number of nitrogen functional groups attached to an aromatic ring is 1. The van der Waals surface area contributed by atoms with E-state index in [9.17, 15) is 18.8 Å². The molecule has 35 heavy (non-hydrogen) atoms. The van der Waals surface area contributed by atoms with Crippen LogP contribution in [0.5, 0.6) is 0 Å². The maximum absolute atomic E-state index is 13.6. The van der Waals surface area contributed by atoms with E-state index in [-0.39, 0.29) is 25.0 Å². The molecule has 2 aromatic rings. The molecule has 0 bridgehead atoms. The number of nitrogens with two attached hydrogens (primary N) is 1. The molecule has 2 saturated carbocycles. The van der Waals surface area contributed by atoms with Gasteiger partial charge in [0.1, 0.15) is 11.6 Å². The number of piperazine rings is 1. The first kappa shape index (κ1) is 23.3. The molecule has 3 fully saturated rings. The molecule has 1 aromatic heterocycles. The van der Waals surface area contributed by atoms with Crippen LogP contribution in [0, 0.1) is 11.7 Å². The molecule has 1 aliphatic heterocycles. The highest BCUT2D eigenvalue weighted by Gasteiger charge is 2.40. The number of carbonyl (C=O) groups excluding carboxylic acids is 3. The van der Waals surface area contributed by atoms with E-state index >= 15 is 0 Å². The maximum Gasteiger partial charge on any atom is 0.313 e. The van der Waals surface area contributed by atoms with Crippen molar-refractivity contribution in [1.82, 2.24) is 14.8 Å². The van der Waals surface area contributed by atoms with Crippen LogP contribution in [-0.2, 0) is 14.4 Å². The lowest BCUT2D eigenvalue weighted by Crippen LogP contribution is -2.58. The van der Waals surface area contributed by atoms with E-state index in [4.69, 9.17) is 5.73 Å². The molecular formula is C26H30FN5O3. The highest BCUT2D eigenvalue weighted by atomic mass is 19.1. The van der Waals surface area contributed by atoms with Crippen LogP contribution >= 0.6 is 0 Å². The van der Waals surface area contributed by atoms with Gasteiger partial charge in [-0.2, -0.15) is 0 Å². The van der Waals surface area contributed by atoms with Crippen molar-refractivity contribution in [1.29, 1.82) is 0 Å². The molecule has 0 spiro atoms. The van der Waals surface area contributed by atoms with E-state index in [1.807, 2.05) is 6.92 Å². The second-order valence-electron chi connectivity index (χ2n) is 9.99. The van der Waals surface area contributed by atoms with Crippen LogP contribution in [-0.4, -0.2) is 51.6 Å². The minimum Gasteiger partial charge on any atom is -0.383 e. The van der Waals surface area contributed by atoms with Gasteiger partial charge in [-0.1, -0.05) is 12.1 Å². The number of aromatic nitrogens is 1. The van der Waals surface area contributed by atoms with E-state index in [2.05, 4.69) is 10.3 Å². The number of carbonyl (C=O) groups is 3. The molecule has 2 aliphatic carbocycles. The summed E-state index contributed by atoms with van der Waals surface area (Å²) in [5.74, 6) is -0.588. The van der Waals surface area contributed by atoms with Gasteiger partial charge >= 0.3 is 11.8 Å². The molecule has 2 atom stereocenters. The quantitative estimate of drug-likeness (QED) is 0.640. The van der Waals surface area contributed by atoms with Crippen LogP contribution in [0.3, 0.4) is 0 Å². The molecule has 3 aliphatic rings. The Kier molecular flexibility index (Phi) is 6.17. The predicted octanol–water partition coefficient (Wildman–Crippen LogP) is 3.22. The highest BCUT2D eigenvalue weighted by Crippen LogP contribution is 2.43. The third kappa shape index (κ3) is 5.13. The van der Waals surface area contributed by atoms with Gasteiger partial charge in [0.05, 0.1) is 17.9 Å². The average Bonchev–Trinajstić information content (AvgIpc) is 3.75. The van der Waals surface area contributed by atoms with Gasteiger partial charge in [-0.05, 0) is 73.8 Å². The summed E-state index contributed by atoms with van der Waals surface area (Å²) < 4.78 is 13.6. The van der Waals surface area contributed by atoms with Gasteiger partial charge in [0.15, 0.2) is 0 Å². The summed E-state index contributed by atoms with van der Waals surface area (Å²) in [5, 5.41) is 2.66. The van der Waals surface area contributed by atoms with Crippen LogP contribution in [0.1, 0.15) is 62.1 Å². The largest absolute Gasteiger partial charge is 0.383 e. The number of anilines is 2. The van der Waals surface area contributed by atoms with Crippen molar-refractivity contribution in [2.45, 2.75) is 57.0 Å². The molecule has 9 heteroatoms. The molecule has 2 heterocycles. The number of benzene rings is 1. The summed E-state index contributed by atoms with van der Waals surface area (Å²) in [6.07, 6.45) is 6.15. The first-order chi connectivity index (χ1) is 16.8. The fraction of sp³-hybridized carbons (Fsp3) is 0.462. The number of halogens is 1. The smallest absolute Gasteiger partial charge is 0.313 e. The summed E-state index contributed by atoms with van der Waals surface area (Å²) in [6.45, 7) is 2.35. The van der Waals surface area contributed by atoms with E-state index in [0.29, 0.717) is 35.3 Å². The lowest BCUT2D eigenvalue weighted by atomic mass is 9.98. The minimum absolute atomic E-state index is 0.0595. The molecule has 0 unspecified atom stereocenters. The molecular weight excluding hydrogens is 449 g/mol. The fourth-order valence-corrected chi connectivity index (χ4v) is 4.80. The third-order valence-electron chi connectivity index (χ3n) is 7.15. The normalized spacial score (nSPS) is 22.1. The zero-order valence-corrected chi connectivity index (χ0v) is 19.7. The van der Waals surface area contributed by atoms with Crippen LogP contribution in [0.15, 0.2) is 36.5 Å². The lowest BCUT2D eigenvalue weighted by Gasteiger charge is -2.45. The Hall–Kier alpha value is -3.49. The fourth-order valence-electron chi connectivity index (χ4n) is 4.80. The van der Waals surface area contributed by atoms with Crippen LogP contribution in [0.25, 0.3) is 0 Å². The van der Waals surface area contributed by atoms with E-state index < -0.39 is 23.7 Å². The molecule has 184 valence electrons. The Morgan fingerprint density at radius 2 is 1.80 bits per heavy atom. The molecule has 8 nitrogen and oxygen atoms in total. The molecule has 1 saturated heterocycles. The van der Waals surface area contributed by atoms with Crippen molar-refractivity contribution in [3.8, 4) is 0 Å². The lowest BCUT2D eigenvalue weighted by molar-refractivity contribution is -0.151. The summed E-state index contributed by atoms with van der Waals surface area (Å²) in [6, 6.07) is 6.83. The first-order valence-corrected chi connectivity index (χ1v) is 12.2. The second-order valence-corrected chi connectivity index (χ2v) is 9.99. The first-order valence-electron chi connectivity index (χ1n) is 12.2. The van der Waals surface area contributed by atoms with Crippen molar-refractivity contribution in [3.63, 3.8) is 0 Å². The number of nitrogens with zero attached hydrogens (tertiary/aromatic N) is 3. The second kappa shape index (κ2) is 9.28. The van der Waals surface area contributed by atoms with Gasteiger partial charge in [0.2, 0.25) is 5.91 Å². The standard InChI is InChI=1S/C26H30FN5O3/c1-15-13-32(26(35)25(34)30-20-11-21(17-4-5-17)24(28)29-12-20)22(18-6-8-19(27)9-7-18)14-31(15)23(33)10-16-2-3-16/h6-9,11-12,15-17,22H,2-5,10,13-14H2,1H3,(H2,28,29)(H,30,34)/t15-,22-/m0/s1. The Bertz CT molecular complexity index is 1150. The Morgan fingerprint density at radius 1 is 1.09 bits per heavy atom. The van der Waals surface area contributed by atoms with E-state index in [1.54, 1.807) is 23.1 Å². The topological polar surface area (TPSA) is 109 Å². The van der Waals surface area contributed by atoms with Crippen molar-refractivity contribution in [3.05, 3.63) is 53.5 Å². The number of pyridine rings is 1. The molecule has 0 radical (unpaired) electrons. The van der Waals surface area contributed by atoms with Crippen molar-refractivity contribution < 1.29 is 18.8 Å². The SMILES string of the molecule is C[C@H]1CN(C(=O)C(=O)Nc2cnc(N)c(C3CC3)c2)[C@H](c2ccc(F)cc2)CN1C(=O)CC1CC1. The Labute approximate surface area is 203 Å². The summed E-state index contributed by atoms with van der Waals surface area (Å²) in [4.78, 5) is 46.7. The van der Waals surface area contributed by atoms with Gasteiger partial charge < -0.3 is 20.9 Å². The van der Waals surface area contributed by atoms with Crippen LogP contribution < -0.4 is 11.1 Å². The predicted molar refractivity (Wildman–Crippen MR) is 129 cm³/mol. The minimum atomic E-state index is -0.782. The number of hydrogen-bond donors (Lipinski definition) is 2. The van der Waals surface area contributed by atoms with Gasteiger partial charge in [-0.15, -0.1) is 0 Å². The van der Waals surface area contributed by atoms with Crippen LogP contribution in [0.2, 0.25) is 0 Å². The van der Waals surface area contributed by atoms with Gasteiger partial charge in [-0.25, -0.2) is 9.37 Å². The zero-order valence-electron chi connectivity index (χ0n) is 19.7. The third-order valence-corrected chi connectivity index (χ3v) is 7.15. The van der Waals surface area contributed by atoms with Crippen LogP contribution in [0.4, 0.5) is 15.9 Å². The highest BCUT2D eigenvalue weighted by molar-refractivity contribution is 6.39. The maximum atomic E-state index is 13.6. The van der Waals surface area contributed by atoms with Gasteiger partial charge in [0.25, 0.3) is 0 Å². The van der Waals surface area contributed by atoms with E-state index in [1.165, 1.54) is 23.2 Å². The average molecular weight is 480 g/mol. The van der Waals surface area contributed by atoms with E-state index in [0.717, 1.165) is 31.2 Å². The van der Waals surface area contributed by atoms with Crippen molar-refractivity contribution in [2.24, 2.45) is 5.92 Å². The number of amides is 3. The van der Waals surface area contributed by atoms with Gasteiger partial charge in [-0.3, -0.25) is 14.4 Å². The van der Waals surface area contributed by atoms with Crippen molar-refractivity contribution in [2.75, 3.05) is 24.1 Å². The zero-order chi connectivity index (χ0) is 24.7. The molecule has 5 rings (SSSR count). The summed E-state index contributed by atoms with van der Waals surface area (Å²) >= 11 is 0. The number of rotatable bonds is 5. The summed E-state index contributed by atoms with van der Waals surface area (Å²) in [5.41, 5.74) is 7.94. The number of nitrogens with one attached hydrogen (secondary N) is 1. The Morgan fingerprint density at radius 3 is 2.46 bits per heavy atom. The molecule has 1 aromatic carbocycles. The monoisotopic (exact) mass is 479 g/mol. The Balaban J connectivity index is 1.36. The summed E-state index contributed by atoms with van der Waals surface area (Å²) in [7, 11) is 0. The van der Waals surface area contributed by atoms with Crippen molar-refractivity contribution >= 4 is 29.2 Å². The van der Waals surface area contributed by atoms with Gasteiger partial charge in [0, 0.05) is 25.6 Å².